The summed E-state index contributed by atoms with van der Waals surface area (Å²) in [5.74, 6) is -0.758. The average Bonchev–Trinajstić information content (AvgIpc) is 2.66. The Morgan fingerprint density at radius 2 is 1.71 bits per heavy atom. The fourth-order valence-electron chi connectivity index (χ4n) is 2.92. The Kier molecular flexibility index (Phi) is 8.62. The molecule has 6 heteroatoms. The SMILES string of the molecule is COCC(NC(C)=O)C(=O)NCc1ccc(CCCc2cccc(F)c2)cc1. The highest BCUT2D eigenvalue weighted by atomic mass is 19.1. The van der Waals surface area contributed by atoms with Crippen LogP contribution in [0.15, 0.2) is 48.5 Å². The van der Waals surface area contributed by atoms with Gasteiger partial charge in [-0.15, -0.1) is 0 Å². The second-order valence-corrected chi connectivity index (χ2v) is 6.73. The molecule has 0 fully saturated rings. The first-order chi connectivity index (χ1) is 13.5. The summed E-state index contributed by atoms with van der Waals surface area (Å²) in [5.41, 5.74) is 3.17. The fourth-order valence-corrected chi connectivity index (χ4v) is 2.92. The van der Waals surface area contributed by atoms with E-state index in [0.29, 0.717) is 6.54 Å². The van der Waals surface area contributed by atoms with E-state index in [9.17, 15) is 14.0 Å². The number of methoxy groups -OCH3 is 1. The van der Waals surface area contributed by atoms with Gasteiger partial charge in [0.05, 0.1) is 6.61 Å². The van der Waals surface area contributed by atoms with E-state index in [2.05, 4.69) is 10.6 Å². The summed E-state index contributed by atoms with van der Waals surface area (Å²) in [6, 6.07) is 14.0. The van der Waals surface area contributed by atoms with Crippen molar-refractivity contribution in [2.24, 2.45) is 0 Å². The molecule has 1 atom stereocenters. The average molecular weight is 386 g/mol. The molecule has 150 valence electrons. The van der Waals surface area contributed by atoms with Crippen LogP contribution < -0.4 is 10.6 Å². The molecule has 0 saturated heterocycles. The summed E-state index contributed by atoms with van der Waals surface area (Å²) in [7, 11) is 1.48. The summed E-state index contributed by atoms with van der Waals surface area (Å²) >= 11 is 0. The molecule has 28 heavy (non-hydrogen) atoms. The van der Waals surface area contributed by atoms with Gasteiger partial charge in [-0.1, -0.05) is 36.4 Å². The predicted octanol–water partition coefficient (Wildman–Crippen LogP) is 2.77. The third kappa shape index (κ3) is 7.48. The van der Waals surface area contributed by atoms with E-state index in [1.807, 2.05) is 30.3 Å². The minimum absolute atomic E-state index is 0.121. The summed E-state index contributed by atoms with van der Waals surface area (Å²) in [5, 5.41) is 5.38. The van der Waals surface area contributed by atoms with Gasteiger partial charge in [-0.3, -0.25) is 9.59 Å². The van der Waals surface area contributed by atoms with E-state index in [4.69, 9.17) is 4.74 Å². The topological polar surface area (TPSA) is 67.4 Å². The number of amides is 2. The zero-order valence-electron chi connectivity index (χ0n) is 16.3. The molecule has 0 aliphatic rings. The van der Waals surface area contributed by atoms with Crippen molar-refractivity contribution < 1.29 is 18.7 Å². The third-order valence-electron chi connectivity index (χ3n) is 4.34. The van der Waals surface area contributed by atoms with Crippen molar-refractivity contribution in [3.05, 3.63) is 71.0 Å². The van der Waals surface area contributed by atoms with Crippen molar-refractivity contribution in [3.8, 4) is 0 Å². The zero-order chi connectivity index (χ0) is 20.4. The van der Waals surface area contributed by atoms with Crippen molar-refractivity contribution in [1.29, 1.82) is 0 Å². The van der Waals surface area contributed by atoms with E-state index in [-0.39, 0.29) is 24.2 Å². The Balaban J connectivity index is 1.78. The van der Waals surface area contributed by atoms with Crippen molar-refractivity contribution >= 4 is 11.8 Å². The number of carbonyl (C=O) groups is 2. The predicted molar refractivity (Wildman–Crippen MR) is 106 cm³/mol. The molecule has 0 radical (unpaired) electrons. The molecule has 2 aromatic rings. The zero-order valence-corrected chi connectivity index (χ0v) is 16.3. The standard InChI is InChI=1S/C22H27FN2O3/c1-16(26)25-21(15-28-2)22(27)24-14-19-11-9-17(10-12-19)5-3-6-18-7-4-8-20(23)13-18/h4,7-13,21H,3,5-6,14-15H2,1-2H3,(H,24,27)(H,25,26). The summed E-state index contributed by atoms with van der Waals surface area (Å²) in [6.45, 7) is 1.86. The molecular weight excluding hydrogens is 359 g/mol. The van der Waals surface area contributed by atoms with Gasteiger partial charge in [0.15, 0.2) is 0 Å². The van der Waals surface area contributed by atoms with Gasteiger partial charge in [-0.25, -0.2) is 4.39 Å². The van der Waals surface area contributed by atoms with Crippen LogP contribution >= 0.6 is 0 Å². The number of nitrogens with one attached hydrogen (secondary N) is 2. The molecule has 2 aromatic carbocycles. The smallest absolute Gasteiger partial charge is 0.245 e. The molecule has 2 N–H and O–H groups in total. The van der Waals surface area contributed by atoms with Crippen LogP contribution in [0, 0.1) is 5.82 Å². The molecule has 1 unspecified atom stereocenters. The van der Waals surface area contributed by atoms with Crippen molar-refractivity contribution in [2.75, 3.05) is 13.7 Å². The number of halogens is 1. The quantitative estimate of drug-likeness (QED) is 0.660. The Morgan fingerprint density at radius 3 is 2.36 bits per heavy atom. The van der Waals surface area contributed by atoms with Crippen LogP contribution in [0.5, 0.6) is 0 Å². The lowest BCUT2D eigenvalue weighted by Crippen LogP contribution is -2.48. The van der Waals surface area contributed by atoms with Gasteiger partial charge in [0.2, 0.25) is 11.8 Å². The molecule has 2 rings (SSSR count). The number of rotatable bonds is 10. The van der Waals surface area contributed by atoms with Crippen LogP contribution in [0.4, 0.5) is 4.39 Å². The van der Waals surface area contributed by atoms with Crippen LogP contribution in [-0.2, 0) is 33.7 Å². The van der Waals surface area contributed by atoms with Crippen molar-refractivity contribution in [1.82, 2.24) is 10.6 Å². The van der Waals surface area contributed by atoms with Gasteiger partial charge in [0, 0.05) is 20.6 Å². The maximum absolute atomic E-state index is 13.2. The number of hydrogen-bond donors (Lipinski definition) is 2. The van der Waals surface area contributed by atoms with Crippen LogP contribution in [0.2, 0.25) is 0 Å². The maximum Gasteiger partial charge on any atom is 0.245 e. The van der Waals surface area contributed by atoms with Gasteiger partial charge in [-0.05, 0) is 48.1 Å². The number of ether oxygens (including phenoxy) is 1. The second-order valence-electron chi connectivity index (χ2n) is 6.73. The molecule has 0 aliphatic carbocycles. The Bertz CT molecular complexity index is 778. The first kappa shape index (κ1) is 21.6. The van der Waals surface area contributed by atoms with Crippen LogP contribution in [0.3, 0.4) is 0 Å². The largest absolute Gasteiger partial charge is 0.382 e. The molecule has 0 aliphatic heterocycles. The Hall–Kier alpha value is -2.73. The first-order valence-corrected chi connectivity index (χ1v) is 9.34. The van der Waals surface area contributed by atoms with Crippen LogP contribution in [-0.4, -0.2) is 31.6 Å². The minimum Gasteiger partial charge on any atom is -0.382 e. The van der Waals surface area contributed by atoms with Gasteiger partial charge in [0.1, 0.15) is 11.9 Å². The molecule has 2 amide bonds. The highest BCUT2D eigenvalue weighted by molar-refractivity contribution is 5.86. The first-order valence-electron chi connectivity index (χ1n) is 9.34. The molecular formula is C22H27FN2O3. The number of aryl methyl sites for hydroxylation is 2. The monoisotopic (exact) mass is 386 g/mol. The Labute approximate surface area is 165 Å². The van der Waals surface area contributed by atoms with Gasteiger partial charge in [0.25, 0.3) is 0 Å². The number of hydrogen-bond acceptors (Lipinski definition) is 3. The van der Waals surface area contributed by atoms with Gasteiger partial charge < -0.3 is 15.4 Å². The van der Waals surface area contributed by atoms with E-state index in [0.717, 1.165) is 30.4 Å². The minimum atomic E-state index is -0.704. The molecule has 0 bridgehead atoms. The lowest BCUT2D eigenvalue weighted by atomic mass is 10.0. The second kappa shape index (κ2) is 11.2. The molecule has 0 aromatic heterocycles. The normalized spacial score (nSPS) is 11.7. The van der Waals surface area contributed by atoms with Crippen LogP contribution in [0.25, 0.3) is 0 Å². The molecule has 0 spiro atoms. The lowest BCUT2D eigenvalue weighted by Gasteiger charge is -2.16. The van der Waals surface area contributed by atoms with Crippen LogP contribution in [0.1, 0.15) is 30.0 Å². The van der Waals surface area contributed by atoms with E-state index >= 15 is 0 Å². The highest BCUT2D eigenvalue weighted by Gasteiger charge is 2.18. The van der Waals surface area contributed by atoms with E-state index in [1.165, 1.54) is 25.7 Å². The summed E-state index contributed by atoms with van der Waals surface area (Å²) in [6.07, 6.45) is 2.68. The summed E-state index contributed by atoms with van der Waals surface area (Å²) in [4.78, 5) is 23.3. The molecule has 0 saturated carbocycles. The molecule has 5 nitrogen and oxygen atoms in total. The fraction of sp³-hybridized carbons (Fsp3) is 0.364. The van der Waals surface area contributed by atoms with Gasteiger partial charge in [-0.2, -0.15) is 0 Å². The maximum atomic E-state index is 13.2. The van der Waals surface area contributed by atoms with Crippen molar-refractivity contribution in [3.63, 3.8) is 0 Å². The number of benzene rings is 2. The highest BCUT2D eigenvalue weighted by Crippen LogP contribution is 2.11. The van der Waals surface area contributed by atoms with E-state index in [1.54, 1.807) is 12.1 Å². The van der Waals surface area contributed by atoms with Gasteiger partial charge >= 0.3 is 0 Å². The third-order valence-corrected chi connectivity index (χ3v) is 4.34. The van der Waals surface area contributed by atoms with E-state index < -0.39 is 6.04 Å². The Morgan fingerprint density at radius 1 is 1.04 bits per heavy atom. The molecule has 0 heterocycles. The number of carbonyl (C=O) groups excluding carboxylic acids is 2. The van der Waals surface area contributed by atoms with Crippen molar-refractivity contribution in [2.45, 2.75) is 38.8 Å². The summed E-state index contributed by atoms with van der Waals surface area (Å²) < 4.78 is 18.2. The lowest BCUT2D eigenvalue weighted by molar-refractivity contribution is -0.129.